The number of nitrogens with zero attached hydrogens (tertiary/aromatic N) is 2. The van der Waals surface area contributed by atoms with Gasteiger partial charge in [-0.2, -0.15) is 5.10 Å². The lowest BCUT2D eigenvalue weighted by atomic mass is 10.0. The minimum atomic E-state index is 0.522. The number of nitrogens with two attached hydrogens (primary N) is 1. The molecule has 88 valence electrons. The van der Waals surface area contributed by atoms with Gasteiger partial charge in [0.05, 0.1) is 12.7 Å². The average Bonchev–Trinajstić information content (AvgIpc) is 3.13. The first-order valence-electron chi connectivity index (χ1n) is 5.80. The molecule has 0 aliphatic heterocycles. The van der Waals surface area contributed by atoms with Gasteiger partial charge in [-0.3, -0.25) is 0 Å². The van der Waals surface area contributed by atoms with Gasteiger partial charge in [-0.05, 0) is 29.9 Å². The largest absolute Gasteiger partial charge is 0.383 e. The van der Waals surface area contributed by atoms with Crippen molar-refractivity contribution < 1.29 is 0 Å². The van der Waals surface area contributed by atoms with Crippen LogP contribution in [0.2, 0.25) is 5.02 Å². The van der Waals surface area contributed by atoms with Crippen LogP contribution in [0.25, 0.3) is 0 Å². The Labute approximate surface area is 105 Å². The number of aromatic nitrogens is 2. The van der Waals surface area contributed by atoms with Gasteiger partial charge >= 0.3 is 0 Å². The third-order valence-electron chi connectivity index (χ3n) is 3.23. The normalized spacial score (nSPS) is 15.1. The zero-order valence-corrected chi connectivity index (χ0v) is 10.2. The molecule has 17 heavy (non-hydrogen) atoms. The molecular weight excluding hydrogens is 234 g/mol. The Kier molecular flexibility index (Phi) is 2.56. The van der Waals surface area contributed by atoms with Crippen LogP contribution < -0.4 is 5.73 Å². The molecule has 1 aromatic heterocycles. The molecule has 0 amide bonds. The van der Waals surface area contributed by atoms with E-state index in [1.54, 1.807) is 10.9 Å². The fourth-order valence-corrected chi connectivity index (χ4v) is 2.27. The first-order valence-corrected chi connectivity index (χ1v) is 6.18. The van der Waals surface area contributed by atoms with Gasteiger partial charge < -0.3 is 5.73 Å². The van der Waals surface area contributed by atoms with Crippen LogP contribution in [0.1, 0.15) is 29.9 Å². The number of nitrogen functional groups attached to an aromatic ring is 1. The lowest BCUT2D eigenvalue weighted by Gasteiger charge is -2.09. The van der Waals surface area contributed by atoms with Crippen LogP contribution in [0, 0.1) is 0 Å². The van der Waals surface area contributed by atoms with E-state index in [4.69, 9.17) is 17.3 Å². The molecule has 0 unspecified atom stereocenters. The molecule has 1 aromatic carbocycles. The molecule has 2 N–H and O–H groups in total. The van der Waals surface area contributed by atoms with Gasteiger partial charge in [-0.1, -0.05) is 35.9 Å². The van der Waals surface area contributed by atoms with Gasteiger partial charge in [0.2, 0.25) is 0 Å². The summed E-state index contributed by atoms with van der Waals surface area (Å²) in [6, 6.07) is 8.50. The van der Waals surface area contributed by atoms with Crippen molar-refractivity contribution in [2.75, 3.05) is 5.73 Å². The maximum atomic E-state index is 5.90. The highest BCUT2D eigenvalue weighted by atomic mass is 35.5. The van der Waals surface area contributed by atoms with Crippen molar-refractivity contribution in [1.82, 2.24) is 9.78 Å². The SMILES string of the molecule is Nc1c(Cl)cnn1Cc1ccccc1C1CC1. The molecule has 4 heteroatoms. The van der Waals surface area contributed by atoms with Crippen LogP contribution in [0.3, 0.4) is 0 Å². The summed E-state index contributed by atoms with van der Waals surface area (Å²) in [6.07, 6.45) is 4.19. The number of anilines is 1. The number of hydrogen-bond donors (Lipinski definition) is 1. The highest BCUT2D eigenvalue weighted by Gasteiger charge is 2.25. The van der Waals surface area contributed by atoms with Gasteiger partial charge in [0.1, 0.15) is 10.8 Å². The van der Waals surface area contributed by atoms with Crippen molar-refractivity contribution >= 4 is 17.4 Å². The zero-order valence-electron chi connectivity index (χ0n) is 9.44. The minimum Gasteiger partial charge on any atom is -0.383 e. The summed E-state index contributed by atoms with van der Waals surface area (Å²) in [6.45, 7) is 0.700. The Balaban J connectivity index is 1.92. The summed E-state index contributed by atoms with van der Waals surface area (Å²) in [4.78, 5) is 0. The lowest BCUT2D eigenvalue weighted by molar-refractivity contribution is 0.691. The third kappa shape index (κ3) is 2.03. The molecule has 0 bridgehead atoms. The smallest absolute Gasteiger partial charge is 0.140 e. The fraction of sp³-hybridized carbons (Fsp3) is 0.308. The summed E-state index contributed by atoms with van der Waals surface area (Å²) >= 11 is 5.90. The predicted molar refractivity (Wildman–Crippen MR) is 69.2 cm³/mol. The van der Waals surface area contributed by atoms with E-state index in [-0.39, 0.29) is 0 Å². The van der Waals surface area contributed by atoms with E-state index in [9.17, 15) is 0 Å². The van der Waals surface area contributed by atoms with Gasteiger partial charge in [0, 0.05) is 0 Å². The Morgan fingerprint density at radius 1 is 1.35 bits per heavy atom. The second-order valence-corrected chi connectivity index (χ2v) is 4.92. The number of hydrogen-bond acceptors (Lipinski definition) is 2. The molecule has 3 rings (SSSR count). The molecule has 3 nitrogen and oxygen atoms in total. The van der Waals surface area contributed by atoms with Crippen LogP contribution in [-0.4, -0.2) is 9.78 Å². The highest BCUT2D eigenvalue weighted by molar-refractivity contribution is 6.32. The van der Waals surface area contributed by atoms with Crippen molar-refractivity contribution in [3.63, 3.8) is 0 Å². The number of benzene rings is 1. The Morgan fingerprint density at radius 2 is 2.12 bits per heavy atom. The van der Waals surface area contributed by atoms with Crippen molar-refractivity contribution in [2.45, 2.75) is 25.3 Å². The zero-order chi connectivity index (χ0) is 11.8. The van der Waals surface area contributed by atoms with Gasteiger partial charge in [0.25, 0.3) is 0 Å². The molecule has 1 fully saturated rings. The Morgan fingerprint density at radius 3 is 2.76 bits per heavy atom. The van der Waals surface area contributed by atoms with E-state index < -0.39 is 0 Å². The maximum absolute atomic E-state index is 5.90. The van der Waals surface area contributed by atoms with Crippen molar-refractivity contribution in [3.8, 4) is 0 Å². The van der Waals surface area contributed by atoms with Crippen LogP contribution >= 0.6 is 11.6 Å². The van der Waals surface area contributed by atoms with E-state index in [0.29, 0.717) is 17.4 Å². The molecule has 0 atom stereocenters. The van der Waals surface area contributed by atoms with Crippen LogP contribution in [0.5, 0.6) is 0 Å². The summed E-state index contributed by atoms with van der Waals surface area (Å²) in [7, 11) is 0. The topological polar surface area (TPSA) is 43.8 Å². The molecule has 1 aliphatic rings. The van der Waals surface area contributed by atoms with Crippen LogP contribution in [0.15, 0.2) is 30.5 Å². The fourth-order valence-electron chi connectivity index (χ4n) is 2.13. The Bertz CT molecular complexity index is 543. The summed E-state index contributed by atoms with van der Waals surface area (Å²) in [5.74, 6) is 1.27. The summed E-state index contributed by atoms with van der Waals surface area (Å²) < 4.78 is 1.75. The van der Waals surface area contributed by atoms with E-state index in [2.05, 4.69) is 29.4 Å². The molecule has 2 aromatic rings. The van der Waals surface area contributed by atoms with Crippen molar-refractivity contribution in [2.24, 2.45) is 0 Å². The van der Waals surface area contributed by atoms with Crippen LogP contribution in [-0.2, 0) is 6.54 Å². The second kappa shape index (κ2) is 4.08. The molecular formula is C13H14ClN3. The maximum Gasteiger partial charge on any atom is 0.140 e. The van der Waals surface area contributed by atoms with Gasteiger partial charge in [-0.25, -0.2) is 4.68 Å². The minimum absolute atomic E-state index is 0.522. The van der Waals surface area contributed by atoms with E-state index >= 15 is 0 Å². The number of halogens is 1. The molecule has 1 saturated carbocycles. The molecule has 0 spiro atoms. The first-order chi connectivity index (χ1) is 8.25. The van der Waals surface area contributed by atoms with E-state index in [1.807, 2.05) is 0 Å². The second-order valence-electron chi connectivity index (χ2n) is 4.51. The summed E-state index contributed by atoms with van der Waals surface area (Å²) in [5, 5.41) is 4.71. The standard InChI is InChI=1S/C13H14ClN3/c14-12-7-16-17(13(12)15)8-10-3-1-2-4-11(10)9-5-6-9/h1-4,7,9H,5-6,8,15H2. The molecule has 1 heterocycles. The van der Waals surface area contributed by atoms with Crippen molar-refractivity contribution in [1.29, 1.82) is 0 Å². The van der Waals surface area contributed by atoms with E-state index in [0.717, 1.165) is 5.92 Å². The third-order valence-corrected chi connectivity index (χ3v) is 3.52. The lowest BCUT2D eigenvalue weighted by Crippen LogP contribution is -2.07. The van der Waals surface area contributed by atoms with Gasteiger partial charge in [0.15, 0.2) is 0 Å². The van der Waals surface area contributed by atoms with Gasteiger partial charge in [-0.15, -0.1) is 0 Å². The summed E-state index contributed by atoms with van der Waals surface area (Å²) in [5.41, 5.74) is 8.58. The Hall–Kier alpha value is -1.48. The first kappa shape index (κ1) is 10.7. The highest BCUT2D eigenvalue weighted by Crippen LogP contribution is 2.41. The van der Waals surface area contributed by atoms with Crippen molar-refractivity contribution in [3.05, 3.63) is 46.6 Å². The quantitative estimate of drug-likeness (QED) is 0.906. The predicted octanol–water partition coefficient (Wildman–Crippen LogP) is 3.04. The van der Waals surface area contributed by atoms with E-state index in [1.165, 1.54) is 24.0 Å². The molecule has 1 aliphatic carbocycles. The average molecular weight is 248 g/mol. The van der Waals surface area contributed by atoms with Crippen LogP contribution in [0.4, 0.5) is 5.82 Å². The number of rotatable bonds is 3. The molecule has 0 saturated heterocycles. The molecule has 0 radical (unpaired) electrons. The monoisotopic (exact) mass is 247 g/mol.